The molecular formula is C26H27N3O5. The Hall–Kier alpha value is -3.78. The Kier molecular flexibility index (Phi) is 4.77. The van der Waals surface area contributed by atoms with Crippen LogP contribution in [0.3, 0.4) is 0 Å². The highest BCUT2D eigenvalue weighted by molar-refractivity contribution is 5.97. The predicted molar refractivity (Wildman–Crippen MR) is 129 cm³/mol. The number of phenols is 2. The molecule has 0 radical (unpaired) electrons. The third-order valence-electron chi connectivity index (χ3n) is 6.69. The van der Waals surface area contributed by atoms with Gasteiger partial charge in [0.2, 0.25) is 0 Å². The summed E-state index contributed by atoms with van der Waals surface area (Å²) in [5.74, 6) is -0.199. The van der Waals surface area contributed by atoms with Crippen LogP contribution in [0, 0.1) is 6.92 Å². The van der Waals surface area contributed by atoms with Crippen molar-refractivity contribution in [2.24, 2.45) is 14.1 Å². The monoisotopic (exact) mass is 461 g/mol. The lowest BCUT2D eigenvalue weighted by Crippen LogP contribution is -2.40. The molecule has 3 heterocycles. The van der Waals surface area contributed by atoms with Crippen LogP contribution in [0.4, 0.5) is 0 Å². The Balaban J connectivity index is 2.01. The number of benzene rings is 2. The number of fused-ring (bicyclic) bond motifs is 3. The van der Waals surface area contributed by atoms with Crippen molar-refractivity contribution in [3.63, 3.8) is 0 Å². The lowest BCUT2D eigenvalue weighted by atomic mass is 9.97. The topological polar surface area (TPSA) is 98.6 Å². The van der Waals surface area contributed by atoms with Gasteiger partial charge in [-0.3, -0.25) is 13.9 Å². The zero-order valence-electron chi connectivity index (χ0n) is 19.8. The van der Waals surface area contributed by atoms with Crippen LogP contribution < -0.4 is 11.2 Å². The van der Waals surface area contributed by atoms with Crippen LogP contribution in [0.1, 0.15) is 36.8 Å². The molecular weight excluding hydrogens is 434 g/mol. The van der Waals surface area contributed by atoms with E-state index in [2.05, 4.69) is 4.57 Å². The Labute approximate surface area is 195 Å². The number of aryl methyl sites for hydroxylation is 2. The molecule has 0 saturated carbocycles. The van der Waals surface area contributed by atoms with E-state index in [1.807, 2.05) is 45.0 Å². The van der Waals surface area contributed by atoms with Gasteiger partial charge in [0.15, 0.2) is 0 Å². The number of ether oxygens (including phenoxy) is 1. The van der Waals surface area contributed by atoms with Gasteiger partial charge in [-0.1, -0.05) is 29.8 Å². The van der Waals surface area contributed by atoms with Gasteiger partial charge in [-0.15, -0.1) is 0 Å². The van der Waals surface area contributed by atoms with Crippen molar-refractivity contribution < 1.29 is 14.9 Å². The largest absolute Gasteiger partial charge is 0.508 e. The van der Waals surface area contributed by atoms with Crippen LogP contribution >= 0.6 is 0 Å². The zero-order chi connectivity index (χ0) is 24.5. The molecule has 0 unspecified atom stereocenters. The minimum absolute atomic E-state index is 0.0701. The van der Waals surface area contributed by atoms with E-state index in [1.165, 1.54) is 23.7 Å². The van der Waals surface area contributed by atoms with Gasteiger partial charge in [-0.05, 0) is 38.5 Å². The minimum Gasteiger partial charge on any atom is -0.508 e. The number of nitrogens with zero attached hydrogens (tertiary/aromatic N) is 3. The summed E-state index contributed by atoms with van der Waals surface area (Å²) in [7, 11) is 3.11. The van der Waals surface area contributed by atoms with Crippen molar-refractivity contribution in [3.8, 4) is 22.8 Å². The summed E-state index contributed by atoms with van der Waals surface area (Å²) < 4.78 is 10.9. The lowest BCUT2D eigenvalue weighted by Gasteiger charge is -2.39. The van der Waals surface area contributed by atoms with Crippen LogP contribution in [0.15, 0.2) is 52.1 Å². The quantitative estimate of drug-likeness (QED) is 0.477. The first-order chi connectivity index (χ1) is 16.0. The van der Waals surface area contributed by atoms with Crippen molar-refractivity contribution in [1.82, 2.24) is 13.7 Å². The highest BCUT2D eigenvalue weighted by Crippen LogP contribution is 2.47. The number of aromatic hydroxyl groups is 2. The summed E-state index contributed by atoms with van der Waals surface area (Å²) in [5.41, 5.74) is 2.77. The first-order valence-corrected chi connectivity index (χ1v) is 11.1. The van der Waals surface area contributed by atoms with Crippen molar-refractivity contribution >= 4 is 10.9 Å². The van der Waals surface area contributed by atoms with Gasteiger partial charge in [-0.25, -0.2) is 4.79 Å². The number of hydrogen-bond acceptors (Lipinski definition) is 5. The Morgan fingerprint density at radius 3 is 2.32 bits per heavy atom. The summed E-state index contributed by atoms with van der Waals surface area (Å²) in [4.78, 5) is 26.5. The van der Waals surface area contributed by atoms with Gasteiger partial charge in [0.25, 0.3) is 5.56 Å². The first kappa shape index (κ1) is 22.0. The van der Waals surface area contributed by atoms with Gasteiger partial charge in [0, 0.05) is 25.7 Å². The number of aromatic nitrogens is 3. The molecule has 4 aromatic rings. The van der Waals surface area contributed by atoms with E-state index in [-0.39, 0.29) is 17.1 Å². The van der Waals surface area contributed by atoms with E-state index in [1.54, 1.807) is 13.1 Å². The van der Waals surface area contributed by atoms with Crippen molar-refractivity contribution in [2.75, 3.05) is 6.61 Å². The molecule has 0 amide bonds. The van der Waals surface area contributed by atoms with Crippen molar-refractivity contribution in [2.45, 2.75) is 32.4 Å². The molecule has 0 bridgehead atoms. The molecule has 1 aliphatic heterocycles. The molecule has 176 valence electrons. The van der Waals surface area contributed by atoms with E-state index in [9.17, 15) is 19.8 Å². The van der Waals surface area contributed by atoms with E-state index >= 15 is 0 Å². The first-order valence-electron chi connectivity index (χ1n) is 11.1. The Morgan fingerprint density at radius 2 is 1.68 bits per heavy atom. The number of rotatable bonds is 2. The van der Waals surface area contributed by atoms with Gasteiger partial charge < -0.3 is 19.5 Å². The third-order valence-corrected chi connectivity index (χ3v) is 6.69. The van der Waals surface area contributed by atoms with E-state index in [0.717, 1.165) is 15.7 Å². The molecule has 1 aliphatic rings. The second-order valence-corrected chi connectivity index (χ2v) is 9.61. The second-order valence-electron chi connectivity index (χ2n) is 9.61. The summed E-state index contributed by atoms with van der Waals surface area (Å²) in [6.45, 7) is 6.34. The molecule has 8 heteroatoms. The normalized spacial score (nSPS) is 17.1. The van der Waals surface area contributed by atoms with Crippen LogP contribution in [-0.2, 0) is 24.4 Å². The van der Waals surface area contributed by atoms with Gasteiger partial charge in [-0.2, -0.15) is 0 Å². The van der Waals surface area contributed by atoms with E-state index in [4.69, 9.17) is 4.74 Å². The molecule has 2 aromatic carbocycles. The van der Waals surface area contributed by atoms with Crippen LogP contribution in [0.2, 0.25) is 0 Å². The van der Waals surface area contributed by atoms with Crippen LogP contribution in [0.5, 0.6) is 11.5 Å². The van der Waals surface area contributed by atoms with Crippen molar-refractivity contribution in [3.05, 3.63) is 80.1 Å². The molecule has 0 saturated heterocycles. The second kappa shape index (κ2) is 7.36. The highest BCUT2D eigenvalue weighted by Gasteiger charge is 2.41. The summed E-state index contributed by atoms with van der Waals surface area (Å²) in [6.07, 6.45) is -0.756. The molecule has 0 spiro atoms. The number of phenolic OH excluding ortho intramolecular Hbond substituents is 2. The standard InChI is InChI=1S/C26H27N3O5/c1-14-6-8-15(9-7-14)20-19-21(27(4)25(33)28(5)24(19)32)22-23(34-13-26(2,3)29(20)22)17-11-10-16(30)12-18(17)31/h6-12,23,30-31H,13H2,1-5H3/t23-/m0/s1. The van der Waals surface area contributed by atoms with Crippen LogP contribution in [0.25, 0.3) is 22.2 Å². The molecule has 34 heavy (non-hydrogen) atoms. The summed E-state index contributed by atoms with van der Waals surface area (Å²) in [6, 6.07) is 12.3. The van der Waals surface area contributed by atoms with Gasteiger partial charge in [0.1, 0.15) is 17.6 Å². The minimum atomic E-state index is -0.756. The number of hydrogen-bond donors (Lipinski definition) is 2. The Morgan fingerprint density at radius 1 is 1.00 bits per heavy atom. The Bertz CT molecular complexity index is 1570. The maximum Gasteiger partial charge on any atom is 0.331 e. The van der Waals surface area contributed by atoms with E-state index in [0.29, 0.717) is 34.5 Å². The maximum atomic E-state index is 13.6. The van der Waals surface area contributed by atoms with Crippen LogP contribution in [-0.4, -0.2) is 30.5 Å². The van der Waals surface area contributed by atoms with Gasteiger partial charge >= 0.3 is 5.69 Å². The molecule has 1 atom stereocenters. The fraction of sp³-hybridized carbons (Fsp3) is 0.308. The maximum absolute atomic E-state index is 13.6. The third kappa shape index (κ3) is 3.02. The lowest BCUT2D eigenvalue weighted by molar-refractivity contribution is -0.00800. The SMILES string of the molecule is Cc1ccc(-c2c3c(=O)n(C)c(=O)n(C)c3c3n2C(C)(C)CO[C@H]3c2ccc(O)cc2O)cc1. The summed E-state index contributed by atoms with van der Waals surface area (Å²) in [5, 5.41) is 20.9. The smallest absolute Gasteiger partial charge is 0.331 e. The van der Waals surface area contributed by atoms with Crippen molar-refractivity contribution in [1.29, 1.82) is 0 Å². The van der Waals surface area contributed by atoms with Gasteiger partial charge in [0.05, 0.1) is 34.4 Å². The summed E-state index contributed by atoms with van der Waals surface area (Å²) >= 11 is 0. The fourth-order valence-electron chi connectivity index (χ4n) is 4.97. The molecule has 8 nitrogen and oxygen atoms in total. The molecule has 2 aromatic heterocycles. The molecule has 0 fully saturated rings. The van der Waals surface area contributed by atoms with E-state index < -0.39 is 17.3 Å². The molecule has 0 aliphatic carbocycles. The molecule has 2 N–H and O–H groups in total. The average Bonchev–Trinajstić information content (AvgIpc) is 3.15. The zero-order valence-corrected chi connectivity index (χ0v) is 19.8. The molecule has 5 rings (SSSR count). The predicted octanol–water partition coefficient (Wildman–Crippen LogP) is 3.28. The highest BCUT2D eigenvalue weighted by atomic mass is 16.5. The fourth-order valence-corrected chi connectivity index (χ4v) is 4.97. The average molecular weight is 462 g/mol.